The minimum absolute atomic E-state index is 0.0519. The molecule has 0 aromatic heterocycles. The molecule has 3 rings (SSSR count). The maximum atomic E-state index is 12.9. The molecule has 0 saturated carbocycles. The molecule has 1 fully saturated rings. The number of benzene rings is 2. The molecule has 0 radical (unpaired) electrons. The van der Waals surface area contributed by atoms with E-state index in [0.717, 1.165) is 55.5 Å². The van der Waals surface area contributed by atoms with Crippen LogP contribution in [0.4, 0.5) is 5.69 Å². The Morgan fingerprint density at radius 1 is 1.00 bits per heavy atom. The number of ether oxygens (including phenoxy) is 2. The van der Waals surface area contributed by atoms with E-state index in [1.54, 1.807) is 14.2 Å². The molecule has 0 spiro atoms. The molecule has 1 heterocycles. The summed E-state index contributed by atoms with van der Waals surface area (Å²) in [6.45, 7) is 10.6. The van der Waals surface area contributed by atoms with Crippen molar-refractivity contribution >= 4 is 11.6 Å². The zero-order chi connectivity index (χ0) is 22.4. The van der Waals surface area contributed by atoms with Crippen molar-refractivity contribution in [3.05, 3.63) is 53.6 Å². The molecule has 2 aromatic carbocycles. The summed E-state index contributed by atoms with van der Waals surface area (Å²) < 4.78 is 10.9. The SMILES string of the molecule is COc1ccc(OC)c(CN2CCN(C(C)C(=O)Nc3ccccc3C(C)C)CC2)c1. The molecule has 168 valence electrons. The third-order valence-corrected chi connectivity index (χ3v) is 6.06. The van der Waals surface area contributed by atoms with E-state index < -0.39 is 0 Å². The summed E-state index contributed by atoms with van der Waals surface area (Å²) in [5.74, 6) is 2.13. The summed E-state index contributed by atoms with van der Waals surface area (Å²) in [6, 6.07) is 13.8. The lowest BCUT2D eigenvalue weighted by Crippen LogP contribution is -2.52. The van der Waals surface area contributed by atoms with E-state index in [9.17, 15) is 4.79 Å². The van der Waals surface area contributed by atoms with Crippen LogP contribution in [0.3, 0.4) is 0 Å². The average molecular weight is 426 g/mol. The normalized spacial score (nSPS) is 16.2. The van der Waals surface area contributed by atoms with Crippen LogP contribution in [0.1, 0.15) is 37.8 Å². The fourth-order valence-corrected chi connectivity index (χ4v) is 4.07. The monoisotopic (exact) mass is 425 g/mol. The highest BCUT2D eigenvalue weighted by atomic mass is 16.5. The highest BCUT2D eigenvalue weighted by molar-refractivity contribution is 5.95. The van der Waals surface area contributed by atoms with Crippen molar-refractivity contribution in [1.82, 2.24) is 9.80 Å². The lowest BCUT2D eigenvalue weighted by molar-refractivity contribution is -0.121. The Labute approximate surface area is 186 Å². The molecule has 0 bridgehead atoms. The first-order chi connectivity index (χ1) is 14.9. The van der Waals surface area contributed by atoms with Gasteiger partial charge in [-0.25, -0.2) is 0 Å². The van der Waals surface area contributed by atoms with Crippen LogP contribution in [0.5, 0.6) is 11.5 Å². The average Bonchev–Trinajstić information content (AvgIpc) is 2.79. The van der Waals surface area contributed by atoms with Gasteiger partial charge in [-0.1, -0.05) is 32.0 Å². The van der Waals surface area contributed by atoms with Crippen molar-refractivity contribution in [3.8, 4) is 11.5 Å². The Morgan fingerprint density at radius 3 is 2.35 bits per heavy atom. The predicted octanol–water partition coefficient (Wildman–Crippen LogP) is 3.97. The second-order valence-electron chi connectivity index (χ2n) is 8.40. The number of amides is 1. The number of para-hydroxylation sites is 1. The molecule has 1 unspecified atom stereocenters. The van der Waals surface area contributed by atoms with Crippen molar-refractivity contribution < 1.29 is 14.3 Å². The molecule has 1 aliphatic rings. The van der Waals surface area contributed by atoms with Crippen molar-refractivity contribution in [2.75, 3.05) is 45.7 Å². The molecule has 6 nitrogen and oxygen atoms in total. The second kappa shape index (κ2) is 10.6. The predicted molar refractivity (Wildman–Crippen MR) is 125 cm³/mol. The van der Waals surface area contributed by atoms with Crippen LogP contribution >= 0.6 is 0 Å². The number of hydrogen-bond acceptors (Lipinski definition) is 5. The maximum Gasteiger partial charge on any atom is 0.241 e. The van der Waals surface area contributed by atoms with Gasteiger partial charge in [-0.05, 0) is 42.7 Å². The first kappa shape index (κ1) is 23.1. The number of methoxy groups -OCH3 is 2. The van der Waals surface area contributed by atoms with Gasteiger partial charge in [-0.2, -0.15) is 0 Å². The number of nitrogens with zero attached hydrogens (tertiary/aromatic N) is 2. The third kappa shape index (κ3) is 5.77. The quantitative estimate of drug-likeness (QED) is 0.694. The number of carbonyl (C=O) groups is 1. The van der Waals surface area contributed by atoms with E-state index in [0.29, 0.717) is 5.92 Å². The fraction of sp³-hybridized carbons (Fsp3) is 0.480. The fourth-order valence-electron chi connectivity index (χ4n) is 4.07. The summed E-state index contributed by atoms with van der Waals surface area (Å²) in [6.07, 6.45) is 0. The van der Waals surface area contributed by atoms with Crippen molar-refractivity contribution in [3.63, 3.8) is 0 Å². The Bertz CT molecular complexity index is 876. The highest BCUT2D eigenvalue weighted by Gasteiger charge is 2.26. The summed E-state index contributed by atoms with van der Waals surface area (Å²) in [4.78, 5) is 17.6. The van der Waals surface area contributed by atoms with E-state index in [2.05, 4.69) is 35.0 Å². The minimum atomic E-state index is -0.172. The molecule has 1 aliphatic heterocycles. The second-order valence-corrected chi connectivity index (χ2v) is 8.40. The van der Waals surface area contributed by atoms with Gasteiger partial charge >= 0.3 is 0 Å². The van der Waals surface area contributed by atoms with E-state index in [1.165, 1.54) is 5.56 Å². The Balaban J connectivity index is 1.56. The van der Waals surface area contributed by atoms with Crippen molar-refractivity contribution in [1.29, 1.82) is 0 Å². The van der Waals surface area contributed by atoms with E-state index in [1.807, 2.05) is 43.3 Å². The molecule has 1 atom stereocenters. The molecule has 0 aliphatic carbocycles. The van der Waals surface area contributed by atoms with E-state index >= 15 is 0 Å². The van der Waals surface area contributed by atoms with Crippen LogP contribution < -0.4 is 14.8 Å². The maximum absolute atomic E-state index is 12.9. The molecule has 1 amide bonds. The summed E-state index contributed by atoms with van der Waals surface area (Å²) >= 11 is 0. The molecule has 2 aromatic rings. The number of hydrogen-bond donors (Lipinski definition) is 1. The van der Waals surface area contributed by atoms with Gasteiger partial charge in [0.15, 0.2) is 0 Å². The number of rotatable bonds is 8. The Kier molecular flexibility index (Phi) is 7.93. The molecule has 1 N–H and O–H groups in total. The number of nitrogens with one attached hydrogen (secondary N) is 1. The van der Waals surface area contributed by atoms with Crippen LogP contribution in [-0.4, -0.2) is 62.1 Å². The number of carbonyl (C=O) groups excluding carboxylic acids is 1. The van der Waals surface area contributed by atoms with Crippen LogP contribution in [0.25, 0.3) is 0 Å². The molecule has 6 heteroatoms. The Morgan fingerprint density at radius 2 is 1.71 bits per heavy atom. The lowest BCUT2D eigenvalue weighted by Gasteiger charge is -2.37. The smallest absolute Gasteiger partial charge is 0.241 e. The number of piperazine rings is 1. The summed E-state index contributed by atoms with van der Waals surface area (Å²) in [5, 5.41) is 3.14. The van der Waals surface area contributed by atoms with Gasteiger partial charge in [0.05, 0.1) is 20.3 Å². The third-order valence-electron chi connectivity index (χ3n) is 6.06. The van der Waals surface area contributed by atoms with Gasteiger partial charge in [0.25, 0.3) is 0 Å². The topological polar surface area (TPSA) is 54.0 Å². The zero-order valence-electron chi connectivity index (χ0n) is 19.4. The van der Waals surface area contributed by atoms with Crippen LogP contribution in [0.15, 0.2) is 42.5 Å². The van der Waals surface area contributed by atoms with Gasteiger partial charge < -0.3 is 14.8 Å². The van der Waals surface area contributed by atoms with Gasteiger partial charge in [-0.3, -0.25) is 14.6 Å². The van der Waals surface area contributed by atoms with Gasteiger partial charge in [-0.15, -0.1) is 0 Å². The number of anilines is 1. The molecule has 31 heavy (non-hydrogen) atoms. The minimum Gasteiger partial charge on any atom is -0.497 e. The van der Waals surface area contributed by atoms with Crippen molar-refractivity contribution in [2.45, 2.75) is 39.3 Å². The van der Waals surface area contributed by atoms with E-state index in [-0.39, 0.29) is 11.9 Å². The van der Waals surface area contributed by atoms with Gasteiger partial charge in [0.1, 0.15) is 11.5 Å². The molecular weight excluding hydrogens is 390 g/mol. The van der Waals surface area contributed by atoms with E-state index in [4.69, 9.17) is 9.47 Å². The first-order valence-corrected chi connectivity index (χ1v) is 11.0. The van der Waals surface area contributed by atoms with Gasteiger partial charge in [0.2, 0.25) is 5.91 Å². The van der Waals surface area contributed by atoms with Gasteiger partial charge in [0, 0.05) is 44.0 Å². The first-order valence-electron chi connectivity index (χ1n) is 11.0. The molecular formula is C25H35N3O3. The molecule has 1 saturated heterocycles. The highest BCUT2D eigenvalue weighted by Crippen LogP contribution is 2.26. The summed E-state index contributed by atoms with van der Waals surface area (Å²) in [5.41, 5.74) is 3.20. The van der Waals surface area contributed by atoms with Crippen LogP contribution in [0.2, 0.25) is 0 Å². The zero-order valence-corrected chi connectivity index (χ0v) is 19.4. The summed E-state index contributed by atoms with van der Waals surface area (Å²) in [7, 11) is 3.37. The largest absolute Gasteiger partial charge is 0.497 e. The van der Waals surface area contributed by atoms with Crippen LogP contribution in [-0.2, 0) is 11.3 Å². The Hall–Kier alpha value is -2.57. The van der Waals surface area contributed by atoms with Crippen molar-refractivity contribution in [2.24, 2.45) is 0 Å². The lowest BCUT2D eigenvalue weighted by atomic mass is 10.0. The standard InChI is InChI=1S/C25H35N3O3/c1-18(2)22-8-6-7-9-23(22)26-25(29)19(3)28-14-12-27(13-15-28)17-20-16-21(30-4)10-11-24(20)31-5/h6-11,16,18-19H,12-15,17H2,1-5H3,(H,26,29). The van der Waals surface area contributed by atoms with Crippen LogP contribution in [0, 0.1) is 0 Å².